The summed E-state index contributed by atoms with van der Waals surface area (Å²) < 4.78 is 2.11. The summed E-state index contributed by atoms with van der Waals surface area (Å²) >= 11 is 0. The van der Waals surface area contributed by atoms with E-state index in [1.807, 2.05) is 13.3 Å². The van der Waals surface area contributed by atoms with Crippen LogP contribution >= 0.6 is 0 Å². The summed E-state index contributed by atoms with van der Waals surface area (Å²) in [6.45, 7) is 2.90. The first-order valence-corrected chi connectivity index (χ1v) is 5.53. The first kappa shape index (κ1) is 9.71. The fraction of sp³-hybridized carbons (Fsp3) is 0.727. The fourth-order valence-corrected chi connectivity index (χ4v) is 2.24. The van der Waals surface area contributed by atoms with Crippen LogP contribution in [0.2, 0.25) is 0 Å². The molecule has 1 atom stereocenters. The third kappa shape index (κ3) is 2.15. The van der Waals surface area contributed by atoms with E-state index in [1.54, 1.807) is 0 Å². The van der Waals surface area contributed by atoms with E-state index in [0.29, 0.717) is 5.92 Å². The number of hydrogen-bond acceptors (Lipinski definition) is 2. The number of aromatic nitrogens is 2. The van der Waals surface area contributed by atoms with E-state index >= 15 is 0 Å². The van der Waals surface area contributed by atoms with Crippen LogP contribution in [0, 0.1) is 0 Å². The van der Waals surface area contributed by atoms with Crippen molar-refractivity contribution in [1.82, 2.24) is 9.55 Å². The lowest BCUT2D eigenvalue weighted by molar-refractivity contribution is 0.588. The summed E-state index contributed by atoms with van der Waals surface area (Å²) in [6, 6.07) is 0.209. The van der Waals surface area contributed by atoms with Crippen molar-refractivity contribution in [2.75, 3.05) is 0 Å². The van der Waals surface area contributed by atoms with Crippen LogP contribution in [-0.2, 0) is 6.54 Å². The van der Waals surface area contributed by atoms with E-state index in [4.69, 9.17) is 5.73 Å². The molecule has 1 unspecified atom stereocenters. The Morgan fingerprint density at radius 3 is 2.93 bits per heavy atom. The predicted molar refractivity (Wildman–Crippen MR) is 57.1 cm³/mol. The van der Waals surface area contributed by atoms with Gasteiger partial charge in [-0.05, 0) is 19.8 Å². The van der Waals surface area contributed by atoms with Crippen molar-refractivity contribution >= 4 is 0 Å². The van der Waals surface area contributed by atoms with Gasteiger partial charge >= 0.3 is 0 Å². The van der Waals surface area contributed by atoms with Gasteiger partial charge in [-0.25, -0.2) is 4.98 Å². The molecule has 0 aromatic carbocycles. The van der Waals surface area contributed by atoms with E-state index in [0.717, 1.165) is 6.54 Å². The maximum Gasteiger partial charge on any atom is 0.0950 e. The Bertz CT molecular complexity index is 284. The maximum atomic E-state index is 5.74. The van der Waals surface area contributed by atoms with Gasteiger partial charge in [0.1, 0.15) is 0 Å². The molecular weight excluding hydrogens is 174 g/mol. The van der Waals surface area contributed by atoms with Crippen molar-refractivity contribution in [2.24, 2.45) is 5.73 Å². The van der Waals surface area contributed by atoms with Gasteiger partial charge in [-0.2, -0.15) is 0 Å². The van der Waals surface area contributed by atoms with Gasteiger partial charge in [-0.15, -0.1) is 0 Å². The lowest BCUT2D eigenvalue weighted by Crippen LogP contribution is -2.21. The number of imidazole rings is 1. The van der Waals surface area contributed by atoms with Crippen LogP contribution in [-0.4, -0.2) is 15.6 Å². The Hall–Kier alpha value is -0.830. The van der Waals surface area contributed by atoms with Crippen LogP contribution in [0.3, 0.4) is 0 Å². The number of hydrogen-bond donors (Lipinski definition) is 1. The molecule has 1 saturated carbocycles. The van der Waals surface area contributed by atoms with Gasteiger partial charge in [0.25, 0.3) is 0 Å². The Kier molecular flexibility index (Phi) is 2.87. The summed E-state index contributed by atoms with van der Waals surface area (Å²) in [4.78, 5) is 4.46. The SMILES string of the molecule is CC(N)Cn1cnc(C2CCCC2)c1. The molecule has 3 heteroatoms. The molecule has 1 aromatic heterocycles. The number of rotatable bonds is 3. The molecule has 1 aliphatic rings. The van der Waals surface area contributed by atoms with Crippen molar-refractivity contribution in [3.8, 4) is 0 Å². The average molecular weight is 193 g/mol. The summed E-state index contributed by atoms with van der Waals surface area (Å²) in [5, 5.41) is 0. The molecule has 0 spiro atoms. The largest absolute Gasteiger partial charge is 0.336 e. The summed E-state index contributed by atoms with van der Waals surface area (Å²) in [5.41, 5.74) is 7.01. The summed E-state index contributed by atoms with van der Waals surface area (Å²) in [6.07, 6.45) is 9.44. The summed E-state index contributed by atoms with van der Waals surface area (Å²) in [5.74, 6) is 0.712. The molecule has 2 rings (SSSR count). The van der Waals surface area contributed by atoms with Crippen LogP contribution in [0.5, 0.6) is 0 Å². The Morgan fingerprint density at radius 2 is 2.29 bits per heavy atom. The Morgan fingerprint density at radius 1 is 1.57 bits per heavy atom. The Labute approximate surface area is 85.3 Å². The van der Waals surface area contributed by atoms with E-state index in [2.05, 4.69) is 15.7 Å². The minimum Gasteiger partial charge on any atom is -0.336 e. The molecule has 2 N–H and O–H groups in total. The lowest BCUT2D eigenvalue weighted by atomic mass is 10.1. The molecule has 14 heavy (non-hydrogen) atoms. The zero-order valence-corrected chi connectivity index (χ0v) is 8.82. The lowest BCUT2D eigenvalue weighted by Gasteiger charge is -2.06. The van der Waals surface area contributed by atoms with Gasteiger partial charge in [0, 0.05) is 24.7 Å². The number of nitrogens with two attached hydrogens (primary N) is 1. The second kappa shape index (κ2) is 4.13. The molecular formula is C11H19N3. The monoisotopic (exact) mass is 193 g/mol. The molecule has 0 amide bonds. The minimum absolute atomic E-state index is 0.209. The van der Waals surface area contributed by atoms with Gasteiger partial charge in [0.15, 0.2) is 0 Å². The van der Waals surface area contributed by atoms with E-state index < -0.39 is 0 Å². The molecule has 0 bridgehead atoms. The van der Waals surface area contributed by atoms with Gasteiger partial charge < -0.3 is 10.3 Å². The smallest absolute Gasteiger partial charge is 0.0950 e. The second-order valence-electron chi connectivity index (χ2n) is 4.45. The Balaban J connectivity index is 2.01. The van der Waals surface area contributed by atoms with Crippen molar-refractivity contribution in [3.05, 3.63) is 18.2 Å². The van der Waals surface area contributed by atoms with Crippen molar-refractivity contribution in [3.63, 3.8) is 0 Å². The molecule has 78 valence electrons. The first-order chi connectivity index (χ1) is 6.75. The molecule has 0 aliphatic heterocycles. The quantitative estimate of drug-likeness (QED) is 0.796. The maximum absolute atomic E-state index is 5.74. The van der Waals surface area contributed by atoms with Crippen LogP contribution in [0.15, 0.2) is 12.5 Å². The van der Waals surface area contributed by atoms with Gasteiger partial charge in [0.2, 0.25) is 0 Å². The van der Waals surface area contributed by atoms with Crippen molar-refractivity contribution < 1.29 is 0 Å². The zero-order valence-electron chi connectivity index (χ0n) is 8.82. The van der Waals surface area contributed by atoms with Crippen LogP contribution in [0.4, 0.5) is 0 Å². The van der Waals surface area contributed by atoms with E-state index in [1.165, 1.54) is 31.4 Å². The standard InChI is InChI=1S/C11H19N3/c1-9(12)6-14-7-11(13-8-14)10-4-2-3-5-10/h7-10H,2-6,12H2,1H3. The zero-order chi connectivity index (χ0) is 9.97. The fourth-order valence-electron chi connectivity index (χ4n) is 2.24. The normalized spacial score (nSPS) is 20.1. The second-order valence-corrected chi connectivity index (χ2v) is 4.45. The molecule has 1 aliphatic carbocycles. The highest BCUT2D eigenvalue weighted by Crippen LogP contribution is 2.32. The highest BCUT2D eigenvalue weighted by atomic mass is 15.0. The van der Waals surface area contributed by atoms with E-state index in [9.17, 15) is 0 Å². The predicted octanol–water partition coefficient (Wildman–Crippen LogP) is 1.89. The molecule has 0 saturated heterocycles. The van der Waals surface area contributed by atoms with Gasteiger partial charge in [-0.3, -0.25) is 0 Å². The number of nitrogens with zero attached hydrogens (tertiary/aromatic N) is 2. The third-order valence-electron chi connectivity index (χ3n) is 2.93. The van der Waals surface area contributed by atoms with Gasteiger partial charge in [-0.1, -0.05) is 12.8 Å². The average Bonchev–Trinajstić information content (AvgIpc) is 2.69. The van der Waals surface area contributed by atoms with E-state index in [-0.39, 0.29) is 6.04 Å². The van der Waals surface area contributed by atoms with Gasteiger partial charge in [0.05, 0.1) is 12.0 Å². The van der Waals surface area contributed by atoms with Crippen molar-refractivity contribution in [1.29, 1.82) is 0 Å². The highest BCUT2D eigenvalue weighted by molar-refractivity contribution is 5.06. The van der Waals surface area contributed by atoms with Crippen molar-refractivity contribution in [2.45, 2.75) is 51.1 Å². The van der Waals surface area contributed by atoms with Crippen LogP contribution in [0.1, 0.15) is 44.2 Å². The molecule has 1 fully saturated rings. The topological polar surface area (TPSA) is 43.8 Å². The minimum atomic E-state index is 0.209. The van der Waals surface area contributed by atoms with Crippen LogP contribution in [0.25, 0.3) is 0 Å². The highest BCUT2D eigenvalue weighted by Gasteiger charge is 2.19. The van der Waals surface area contributed by atoms with Crippen LogP contribution < -0.4 is 5.73 Å². The third-order valence-corrected chi connectivity index (χ3v) is 2.93. The molecule has 1 aromatic rings. The summed E-state index contributed by atoms with van der Waals surface area (Å²) in [7, 11) is 0. The molecule has 3 nitrogen and oxygen atoms in total. The first-order valence-electron chi connectivity index (χ1n) is 5.53. The molecule has 0 radical (unpaired) electrons. The molecule has 1 heterocycles.